The lowest BCUT2D eigenvalue weighted by atomic mass is 9.72. The number of carbonyl (C=O) groups is 2. The quantitative estimate of drug-likeness (QED) is 0.233. The first-order valence-corrected chi connectivity index (χ1v) is 14.8. The highest BCUT2D eigenvalue weighted by molar-refractivity contribution is 7.39. The molecule has 2 aromatic carbocycles. The average molecular weight is 529 g/mol. The number of nitrogens with one attached hydrogen (secondary N) is 1. The molecule has 0 bridgehead atoms. The number of aryl methyl sites for hydroxylation is 1. The van der Waals surface area contributed by atoms with Gasteiger partial charge in [0.15, 0.2) is 14.3 Å². The number of imide groups is 1. The summed E-state index contributed by atoms with van der Waals surface area (Å²) in [5.74, 6) is 0.344. The van der Waals surface area contributed by atoms with Crippen LogP contribution in [0.1, 0.15) is 88.7 Å². The summed E-state index contributed by atoms with van der Waals surface area (Å²) in [6, 6.07) is 14.8. The van der Waals surface area contributed by atoms with E-state index in [9.17, 15) is 14.2 Å². The molecule has 4 atom stereocenters. The molecule has 0 aliphatic carbocycles. The number of urea groups is 1. The van der Waals surface area contributed by atoms with Crippen molar-refractivity contribution in [1.82, 2.24) is 10.2 Å². The third kappa shape index (κ3) is 6.10. The Morgan fingerprint density at radius 3 is 2.16 bits per heavy atom. The molecule has 1 aliphatic heterocycles. The Balaban J connectivity index is 1.80. The number of amides is 3. The molecule has 2 unspecified atom stereocenters. The Morgan fingerprint density at radius 1 is 1.03 bits per heavy atom. The second kappa shape index (κ2) is 12.7. The predicted octanol–water partition coefficient (Wildman–Crippen LogP) is 7.17. The van der Waals surface area contributed by atoms with Gasteiger partial charge in [0, 0.05) is 0 Å². The number of carbonyl (C=O) groups excluding carboxylic acids is 2. The van der Waals surface area contributed by atoms with Crippen LogP contribution in [0.3, 0.4) is 0 Å². The minimum absolute atomic E-state index is 0.195. The normalized spacial score (nSPS) is 19.0. The van der Waals surface area contributed by atoms with Crippen molar-refractivity contribution in [3.8, 4) is 5.75 Å². The van der Waals surface area contributed by atoms with Gasteiger partial charge in [-0.15, -0.1) is 0 Å². The fourth-order valence-corrected chi connectivity index (χ4v) is 5.89. The van der Waals surface area contributed by atoms with E-state index >= 15 is 0 Å². The molecule has 1 saturated heterocycles. The van der Waals surface area contributed by atoms with Gasteiger partial charge in [-0.05, 0) is 63.3 Å². The number of hydrogen-bond donors (Lipinski definition) is 1. The van der Waals surface area contributed by atoms with Crippen molar-refractivity contribution in [2.24, 2.45) is 5.41 Å². The minimum atomic E-state index is -2.19. The van der Waals surface area contributed by atoms with Crippen LogP contribution in [0.4, 0.5) is 4.79 Å². The number of rotatable bonds is 12. The third-order valence-corrected chi connectivity index (χ3v) is 9.07. The van der Waals surface area contributed by atoms with Crippen molar-refractivity contribution >= 4 is 20.0 Å². The zero-order valence-corrected chi connectivity index (χ0v) is 23.9. The fraction of sp³-hybridized carbons (Fsp3) is 0.517. The van der Waals surface area contributed by atoms with E-state index in [2.05, 4.69) is 12.2 Å². The smallest absolute Gasteiger partial charge is 0.327 e. The largest absolute Gasteiger partial charge is 0.469 e. The van der Waals surface area contributed by atoms with Crippen molar-refractivity contribution in [1.29, 1.82) is 0 Å². The van der Waals surface area contributed by atoms with E-state index in [1.165, 1.54) is 4.90 Å². The van der Waals surface area contributed by atoms with Crippen LogP contribution in [0.2, 0.25) is 0 Å². The topological polar surface area (TPSA) is 84.9 Å². The number of likely N-dealkylation sites (tertiary alicyclic amines) is 1. The van der Waals surface area contributed by atoms with E-state index in [1.54, 1.807) is 12.1 Å². The number of β-lactam (4-membered cyclic amide) rings is 1. The SMILES string of the molecule is CCC[C@@H](NC(=O)N1C(=O)C(CC)(CC)[C@@H]1Oc1ccc(C(C)[PH](=O)OCC)cc1)c1ccc(C)cc1. The zero-order valence-electron chi connectivity index (χ0n) is 22.9. The maximum absolute atomic E-state index is 13.4. The van der Waals surface area contributed by atoms with Gasteiger partial charge in [-0.25, -0.2) is 9.69 Å². The van der Waals surface area contributed by atoms with E-state index in [1.807, 2.05) is 71.0 Å². The third-order valence-electron chi connectivity index (χ3n) is 7.46. The second-order valence-corrected chi connectivity index (χ2v) is 11.5. The van der Waals surface area contributed by atoms with Gasteiger partial charge in [-0.1, -0.05) is 69.2 Å². The Kier molecular flexibility index (Phi) is 9.97. The Morgan fingerprint density at radius 2 is 1.62 bits per heavy atom. The molecule has 2 aromatic rings. The molecule has 1 N–H and O–H groups in total. The van der Waals surface area contributed by atoms with E-state index in [0.29, 0.717) is 25.2 Å². The summed E-state index contributed by atoms with van der Waals surface area (Å²) >= 11 is 0. The van der Waals surface area contributed by atoms with Crippen LogP contribution in [-0.4, -0.2) is 29.7 Å². The van der Waals surface area contributed by atoms with E-state index in [0.717, 1.165) is 29.5 Å². The molecular weight excluding hydrogens is 487 g/mol. The van der Waals surface area contributed by atoms with Gasteiger partial charge in [-0.3, -0.25) is 9.36 Å². The summed E-state index contributed by atoms with van der Waals surface area (Å²) in [6.45, 7) is 12.1. The number of ether oxygens (including phenoxy) is 1. The molecule has 3 amide bonds. The highest BCUT2D eigenvalue weighted by Crippen LogP contribution is 2.47. The van der Waals surface area contributed by atoms with Crippen molar-refractivity contribution < 1.29 is 23.4 Å². The Hall–Kier alpha value is -2.63. The predicted molar refractivity (Wildman–Crippen MR) is 147 cm³/mol. The van der Waals surface area contributed by atoms with Gasteiger partial charge in [0.05, 0.1) is 18.3 Å². The van der Waals surface area contributed by atoms with Crippen molar-refractivity contribution in [3.05, 3.63) is 65.2 Å². The molecule has 202 valence electrons. The molecule has 8 heteroatoms. The maximum atomic E-state index is 13.4. The molecule has 0 radical (unpaired) electrons. The van der Waals surface area contributed by atoms with Gasteiger partial charge in [-0.2, -0.15) is 0 Å². The van der Waals surface area contributed by atoms with Gasteiger partial charge in [0.1, 0.15) is 11.2 Å². The van der Waals surface area contributed by atoms with Gasteiger partial charge in [0.2, 0.25) is 5.91 Å². The molecule has 0 spiro atoms. The molecule has 1 heterocycles. The van der Waals surface area contributed by atoms with E-state index in [-0.39, 0.29) is 17.6 Å². The number of benzene rings is 2. The van der Waals surface area contributed by atoms with Crippen molar-refractivity contribution in [2.45, 2.75) is 85.2 Å². The van der Waals surface area contributed by atoms with Crippen LogP contribution in [0.25, 0.3) is 0 Å². The fourth-order valence-electron chi connectivity index (χ4n) is 4.89. The molecule has 37 heavy (non-hydrogen) atoms. The molecular formula is C29H41N2O5P. The lowest BCUT2D eigenvalue weighted by molar-refractivity contribution is -0.191. The van der Waals surface area contributed by atoms with E-state index < -0.39 is 25.7 Å². The van der Waals surface area contributed by atoms with Crippen LogP contribution in [0, 0.1) is 12.3 Å². The monoisotopic (exact) mass is 528 g/mol. The lowest BCUT2D eigenvalue weighted by Gasteiger charge is -2.53. The molecule has 0 aromatic heterocycles. The van der Waals surface area contributed by atoms with Crippen LogP contribution in [-0.2, 0) is 13.9 Å². The first-order valence-electron chi connectivity index (χ1n) is 13.4. The summed E-state index contributed by atoms with van der Waals surface area (Å²) in [6.07, 6.45) is 2.08. The average Bonchev–Trinajstić information content (AvgIpc) is 2.89. The van der Waals surface area contributed by atoms with Gasteiger partial charge >= 0.3 is 6.03 Å². The lowest BCUT2D eigenvalue weighted by Crippen LogP contribution is -2.73. The zero-order chi connectivity index (χ0) is 27.2. The summed E-state index contributed by atoms with van der Waals surface area (Å²) < 4.78 is 23.9. The van der Waals surface area contributed by atoms with Gasteiger partial charge in [0.25, 0.3) is 0 Å². The Labute approximate surface area is 221 Å². The highest BCUT2D eigenvalue weighted by Gasteiger charge is 2.63. The number of nitrogens with zero attached hydrogens (tertiary/aromatic N) is 1. The first kappa shape index (κ1) is 28.9. The second-order valence-electron chi connectivity index (χ2n) is 9.75. The van der Waals surface area contributed by atoms with E-state index in [4.69, 9.17) is 9.26 Å². The van der Waals surface area contributed by atoms with Crippen LogP contribution in [0.5, 0.6) is 5.75 Å². The molecule has 7 nitrogen and oxygen atoms in total. The first-order chi connectivity index (χ1) is 17.7. The maximum Gasteiger partial charge on any atom is 0.327 e. The van der Waals surface area contributed by atoms with Crippen molar-refractivity contribution in [3.63, 3.8) is 0 Å². The molecule has 1 aliphatic rings. The minimum Gasteiger partial charge on any atom is -0.469 e. The molecule has 1 fully saturated rings. The van der Waals surface area contributed by atoms with Crippen LogP contribution >= 0.6 is 8.03 Å². The Bertz CT molecular complexity index is 1080. The standard InChI is InChI=1S/C29H41N2O5P/c1-7-11-25(23-14-12-20(5)13-15-23)30-28(33)31-26(32)29(8-2,9-3)27(31)36-24-18-16-22(17-19-24)21(6)37(34)35-10-4/h12-19,21,25,27,37H,7-11H2,1-6H3,(H,30,33)/t21?,25-,27+/m1/s1. The highest BCUT2D eigenvalue weighted by atomic mass is 31.1. The summed E-state index contributed by atoms with van der Waals surface area (Å²) in [5.41, 5.74) is 2.08. The summed E-state index contributed by atoms with van der Waals surface area (Å²) in [7, 11) is -2.19. The molecule has 0 saturated carbocycles. The van der Waals surface area contributed by atoms with Crippen LogP contribution in [0.15, 0.2) is 48.5 Å². The number of hydrogen-bond acceptors (Lipinski definition) is 5. The van der Waals surface area contributed by atoms with Gasteiger partial charge < -0.3 is 14.6 Å². The van der Waals surface area contributed by atoms with Crippen molar-refractivity contribution in [2.75, 3.05) is 6.61 Å². The summed E-state index contributed by atoms with van der Waals surface area (Å²) in [4.78, 5) is 28.0. The summed E-state index contributed by atoms with van der Waals surface area (Å²) in [5, 5.41) is 3.08. The van der Waals surface area contributed by atoms with Crippen LogP contribution < -0.4 is 10.1 Å². The molecule has 3 rings (SSSR count).